The maximum absolute atomic E-state index is 6.06. The van der Waals surface area contributed by atoms with E-state index in [4.69, 9.17) is 16.3 Å². The molecule has 1 unspecified atom stereocenters. The van der Waals surface area contributed by atoms with E-state index in [-0.39, 0.29) is 5.54 Å². The second-order valence-electron chi connectivity index (χ2n) is 4.80. The van der Waals surface area contributed by atoms with Crippen LogP contribution in [0.3, 0.4) is 0 Å². The van der Waals surface area contributed by atoms with Crippen LogP contribution in [0.1, 0.15) is 13.3 Å². The fourth-order valence-electron chi connectivity index (χ4n) is 2.28. The van der Waals surface area contributed by atoms with Gasteiger partial charge in [-0.05, 0) is 38.6 Å². The van der Waals surface area contributed by atoms with Crippen molar-refractivity contribution in [1.29, 1.82) is 0 Å². The summed E-state index contributed by atoms with van der Waals surface area (Å²) in [7, 11) is 3.71. The highest BCUT2D eigenvalue weighted by molar-refractivity contribution is 6.30. The van der Waals surface area contributed by atoms with Gasteiger partial charge < -0.3 is 15.0 Å². The molecule has 1 aliphatic heterocycles. The van der Waals surface area contributed by atoms with Crippen LogP contribution in [0.15, 0.2) is 18.2 Å². The van der Waals surface area contributed by atoms with Gasteiger partial charge in [-0.1, -0.05) is 11.6 Å². The Morgan fingerprint density at radius 1 is 1.47 bits per heavy atom. The summed E-state index contributed by atoms with van der Waals surface area (Å²) < 4.78 is 5.39. The van der Waals surface area contributed by atoms with Crippen molar-refractivity contribution in [3.8, 4) is 5.75 Å². The number of methoxy groups -OCH3 is 1. The maximum Gasteiger partial charge on any atom is 0.142 e. The van der Waals surface area contributed by atoms with Crippen LogP contribution >= 0.6 is 11.6 Å². The highest BCUT2D eigenvalue weighted by Gasteiger charge is 2.33. The summed E-state index contributed by atoms with van der Waals surface area (Å²) in [6.45, 7) is 4.23. The molecule has 0 aromatic heterocycles. The van der Waals surface area contributed by atoms with E-state index >= 15 is 0 Å². The molecule has 1 aromatic rings. The molecule has 0 bridgehead atoms. The largest absolute Gasteiger partial charge is 0.495 e. The zero-order valence-electron chi connectivity index (χ0n) is 10.6. The van der Waals surface area contributed by atoms with E-state index in [1.807, 2.05) is 25.2 Å². The molecule has 0 saturated carbocycles. The van der Waals surface area contributed by atoms with Crippen molar-refractivity contribution in [2.45, 2.75) is 18.9 Å². The third-order valence-corrected chi connectivity index (χ3v) is 3.79. The SMILES string of the molecule is CNC1(C)CCN(c2cc(Cl)ccc2OC)C1. The van der Waals surface area contributed by atoms with Crippen LogP contribution < -0.4 is 15.0 Å². The van der Waals surface area contributed by atoms with Crippen LogP contribution in [0, 0.1) is 0 Å². The molecular weight excluding hydrogens is 236 g/mol. The summed E-state index contributed by atoms with van der Waals surface area (Å²) in [6.07, 6.45) is 1.12. The molecule has 1 atom stereocenters. The fraction of sp³-hybridized carbons (Fsp3) is 0.538. The Morgan fingerprint density at radius 2 is 2.24 bits per heavy atom. The Bertz CT molecular complexity index is 410. The zero-order valence-corrected chi connectivity index (χ0v) is 11.3. The lowest BCUT2D eigenvalue weighted by molar-refractivity contribution is 0.412. The van der Waals surface area contributed by atoms with Gasteiger partial charge in [-0.15, -0.1) is 0 Å². The Morgan fingerprint density at radius 3 is 2.82 bits per heavy atom. The minimum absolute atomic E-state index is 0.174. The minimum atomic E-state index is 0.174. The van der Waals surface area contributed by atoms with Crippen molar-refractivity contribution in [1.82, 2.24) is 5.32 Å². The Kier molecular flexibility index (Phi) is 3.50. The first-order valence-electron chi connectivity index (χ1n) is 5.85. The van der Waals surface area contributed by atoms with Crippen LogP contribution in [0.25, 0.3) is 0 Å². The number of halogens is 1. The monoisotopic (exact) mass is 254 g/mol. The van der Waals surface area contributed by atoms with E-state index in [0.29, 0.717) is 0 Å². The topological polar surface area (TPSA) is 24.5 Å². The number of hydrogen-bond donors (Lipinski definition) is 1. The van der Waals surface area contributed by atoms with E-state index < -0.39 is 0 Å². The lowest BCUT2D eigenvalue weighted by Crippen LogP contribution is -2.42. The average Bonchev–Trinajstić information content (AvgIpc) is 2.73. The molecule has 94 valence electrons. The third-order valence-electron chi connectivity index (χ3n) is 3.56. The molecule has 1 fully saturated rings. The van der Waals surface area contributed by atoms with Gasteiger partial charge in [0.15, 0.2) is 0 Å². The van der Waals surface area contributed by atoms with Crippen LogP contribution in [-0.2, 0) is 0 Å². The van der Waals surface area contributed by atoms with Gasteiger partial charge in [-0.2, -0.15) is 0 Å². The Balaban J connectivity index is 2.26. The van der Waals surface area contributed by atoms with Crippen LogP contribution in [0.2, 0.25) is 5.02 Å². The predicted octanol–water partition coefficient (Wildman–Crippen LogP) is 2.54. The Hall–Kier alpha value is -0.930. The minimum Gasteiger partial charge on any atom is -0.495 e. The molecule has 3 nitrogen and oxygen atoms in total. The first kappa shape index (κ1) is 12.5. The van der Waals surface area contributed by atoms with E-state index in [1.165, 1.54) is 0 Å². The van der Waals surface area contributed by atoms with Gasteiger partial charge in [0.05, 0.1) is 12.8 Å². The van der Waals surface area contributed by atoms with Gasteiger partial charge in [-0.25, -0.2) is 0 Å². The summed E-state index contributed by atoms with van der Waals surface area (Å²) in [5.74, 6) is 0.884. The third kappa shape index (κ3) is 2.50. The van der Waals surface area contributed by atoms with Gasteiger partial charge in [-0.3, -0.25) is 0 Å². The summed E-state index contributed by atoms with van der Waals surface area (Å²) >= 11 is 6.06. The van der Waals surface area contributed by atoms with E-state index in [0.717, 1.165) is 36.0 Å². The smallest absolute Gasteiger partial charge is 0.142 e. The normalized spacial score (nSPS) is 24.1. The van der Waals surface area contributed by atoms with E-state index in [1.54, 1.807) is 7.11 Å². The second kappa shape index (κ2) is 4.75. The van der Waals surface area contributed by atoms with Crippen molar-refractivity contribution in [2.75, 3.05) is 32.1 Å². The molecule has 1 aromatic carbocycles. The number of anilines is 1. The number of rotatable bonds is 3. The summed E-state index contributed by atoms with van der Waals surface area (Å²) in [5, 5.41) is 4.13. The first-order valence-corrected chi connectivity index (χ1v) is 6.23. The molecule has 1 saturated heterocycles. The number of benzene rings is 1. The number of nitrogens with one attached hydrogen (secondary N) is 1. The van der Waals surface area contributed by atoms with Crippen molar-refractivity contribution < 1.29 is 4.74 Å². The van der Waals surface area contributed by atoms with Crippen LogP contribution in [0.4, 0.5) is 5.69 Å². The number of likely N-dealkylation sites (N-methyl/N-ethyl adjacent to an activating group) is 1. The van der Waals surface area contributed by atoms with E-state index in [9.17, 15) is 0 Å². The van der Waals surface area contributed by atoms with Crippen molar-refractivity contribution in [2.24, 2.45) is 0 Å². The van der Waals surface area contributed by atoms with Crippen LogP contribution in [0.5, 0.6) is 5.75 Å². The van der Waals surface area contributed by atoms with Gasteiger partial charge in [0.2, 0.25) is 0 Å². The average molecular weight is 255 g/mol. The molecule has 2 rings (SSSR count). The molecule has 17 heavy (non-hydrogen) atoms. The van der Waals surface area contributed by atoms with Gasteiger partial charge in [0.25, 0.3) is 0 Å². The summed E-state index contributed by atoms with van der Waals surface area (Å²) in [4.78, 5) is 2.32. The van der Waals surface area contributed by atoms with Gasteiger partial charge in [0.1, 0.15) is 5.75 Å². The molecule has 0 amide bonds. The number of hydrogen-bond acceptors (Lipinski definition) is 3. The zero-order chi connectivity index (χ0) is 12.5. The molecule has 0 aliphatic carbocycles. The number of ether oxygens (including phenoxy) is 1. The highest BCUT2D eigenvalue weighted by atomic mass is 35.5. The fourth-order valence-corrected chi connectivity index (χ4v) is 2.45. The van der Waals surface area contributed by atoms with Crippen molar-refractivity contribution in [3.05, 3.63) is 23.2 Å². The first-order chi connectivity index (χ1) is 8.08. The summed E-state index contributed by atoms with van der Waals surface area (Å²) in [6, 6.07) is 5.76. The predicted molar refractivity (Wildman–Crippen MR) is 72.3 cm³/mol. The molecule has 1 N–H and O–H groups in total. The maximum atomic E-state index is 6.06. The quantitative estimate of drug-likeness (QED) is 0.897. The number of nitrogens with zero attached hydrogens (tertiary/aromatic N) is 1. The molecule has 0 radical (unpaired) electrons. The van der Waals surface area contributed by atoms with Gasteiger partial charge >= 0.3 is 0 Å². The standard InChI is InChI=1S/C13H19ClN2O/c1-13(15-2)6-7-16(9-13)11-8-10(14)4-5-12(11)17-3/h4-5,8,15H,6-7,9H2,1-3H3. The van der Waals surface area contributed by atoms with Crippen molar-refractivity contribution in [3.63, 3.8) is 0 Å². The van der Waals surface area contributed by atoms with E-state index in [2.05, 4.69) is 17.1 Å². The summed E-state index contributed by atoms with van der Waals surface area (Å²) in [5.41, 5.74) is 1.26. The molecule has 0 spiro atoms. The molecule has 4 heteroatoms. The molecule has 1 aliphatic rings. The van der Waals surface area contributed by atoms with Crippen molar-refractivity contribution >= 4 is 17.3 Å². The second-order valence-corrected chi connectivity index (χ2v) is 5.23. The molecular formula is C13H19ClN2O. The van der Waals surface area contributed by atoms with Crippen LogP contribution in [-0.4, -0.2) is 32.8 Å². The molecule has 1 heterocycles. The highest BCUT2D eigenvalue weighted by Crippen LogP contribution is 2.35. The van der Waals surface area contributed by atoms with Gasteiger partial charge in [0, 0.05) is 23.7 Å². The Labute approximate surface area is 108 Å². The lowest BCUT2D eigenvalue weighted by Gasteiger charge is -2.26. The lowest BCUT2D eigenvalue weighted by atomic mass is 10.0.